The Balaban J connectivity index is 2.38. The van der Waals surface area contributed by atoms with Crippen LogP contribution in [0.1, 0.15) is 10.4 Å². The minimum absolute atomic E-state index is 0.141. The molecule has 7 heteroatoms. The topological polar surface area (TPSA) is 93.5 Å². The molecule has 0 spiro atoms. The number of carbonyl (C=O) groups excluding carboxylic acids is 1. The Bertz CT molecular complexity index is 694. The van der Waals surface area contributed by atoms with Crippen LogP contribution in [0.3, 0.4) is 0 Å². The van der Waals surface area contributed by atoms with Crippen LogP contribution >= 0.6 is 0 Å². The van der Waals surface area contributed by atoms with Crippen molar-refractivity contribution in [2.45, 2.75) is 6.17 Å². The number of nitrogens with zero attached hydrogens (tertiary/aromatic N) is 1. The highest BCUT2D eigenvalue weighted by atomic mass is 16.6. The Morgan fingerprint density at radius 2 is 2.18 bits per heavy atom. The molecule has 2 N–H and O–H groups in total. The van der Waals surface area contributed by atoms with Crippen molar-refractivity contribution in [2.75, 3.05) is 12.4 Å². The maximum absolute atomic E-state index is 12.2. The van der Waals surface area contributed by atoms with Crippen LogP contribution in [0.5, 0.6) is 0 Å². The number of hydrogen-bond donors (Lipinski definition) is 2. The van der Waals surface area contributed by atoms with Crippen LogP contribution in [0, 0.1) is 10.1 Å². The van der Waals surface area contributed by atoms with Crippen LogP contribution in [-0.4, -0.2) is 24.1 Å². The maximum Gasteiger partial charge on any atom is 0.270 e. The molecule has 0 fully saturated rings. The first-order valence-electron chi connectivity index (χ1n) is 6.39. The molecule has 1 unspecified atom stereocenters. The highest BCUT2D eigenvalue weighted by Gasteiger charge is 2.28. The molecule has 1 aliphatic rings. The monoisotopic (exact) mass is 301 g/mol. The fourth-order valence-corrected chi connectivity index (χ4v) is 2.11. The van der Waals surface area contributed by atoms with E-state index in [4.69, 9.17) is 4.74 Å². The number of non-ortho nitro benzene ring substituents is 1. The van der Waals surface area contributed by atoms with Crippen molar-refractivity contribution in [3.8, 4) is 0 Å². The zero-order chi connectivity index (χ0) is 16.3. The molecule has 1 aromatic rings. The lowest BCUT2D eigenvalue weighted by atomic mass is 10.0. The van der Waals surface area contributed by atoms with Crippen molar-refractivity contribution in [1.82, 2.24) is 5.32 Å². The number of allylic oxidation sites excluding steroid dienone is 2. The molecule has 1 aromatic carbocycles. The summed E-state index contributed by atoms with van der Waals surface area (Å²) >= 11 is 0. The first-order chi connectivity index (χ1) is 10.5. The van der Waals surface area contributed by atoms with E-state index in [9.17, 15) is 14.9 Å². The van der Waals surface area contributed by atoms with Gasteiger partial charge in [-0.05, 0) is 6.07 Å². The number of nitro benzene ring substituents is 1. The lowest BCUT2D eigenvalue weighted by Crippen LogP contribution is -2.46. The van der Waals surface area contributed by atoms with E-state index in [-0.39, 0.29) is 11.3 Å². The van der Waals surface area contributed by atoms with Crippen LogP contribution in [0.4, 0.5) is 11.4 Å². The number of carbonyl (C=O) groups is 1. The smallest absolute Gasteiger partial charge is 0.270 e. The molecule has 22 heavy (non-hydrogen) atoms. The molecule has 1 atom stereocenters. The van der Waals surface area contributed by atoms with Gasteiger partial charge in [0.25, 0.3) is 11.6 Å². The Morgan fingerprint density at radius 3 is 2.77 bits per heavy atom. The molecule has 114 valence electrons. The van der Waals surface area contributed by atoms with E-state index >= 15 is 0 Å². The highest BCUT2D eigenvalue weighted by Crippen LogP contribution is 2.28. The number of benzene rings is 1. The van der Waals surface area contributed by atoms with Gasteiger partial charge in [-0.3, -0.25) is 14.9 Å². The van der Waals surface area contributed by atoms with E-state index < -0.39 is 17.0 Å². The molecule has 1 amide bonds. The van der Waals surface area contributed by atoms with Crippen molar-refractivity contribution >= 4 is 17.3 Å². The predicted molar refractivity (Wildman–Crippen MR) is 82.4 cm³/mol. The normalized spacial score (nSPS) is 16.9. The second kappa shape index (κ2) is 6.13. The fraction of sp³-hybridized carbons (Fsp3) is 0.133. The van der Waals surface area contributed by atoms with Crippen molar-refractivity contribution in [1.29, 1.82) is 0 Å². The third-order valence-corrected chi connectivity index (χ3v) is 3.21. The largest absolute Gasteiger partial charge is 0.497 e. The first kappa shape index (κ1) is 15.3. The summed E-state index contributed by atoms with van der Waals surface area (Å²) in [4.78, 5) is 22.4. The number of anilines is 1. The van der Waals surface area contributed by atoms with Crippen LogP contribution < -0.4 is 10.6 Å². The Morgan fingerprint density at radius 1 is 1.45 bits per heavy atom. The van der Waals surface area contributed by atoms with Crippen molar-refractivity contribution in [3.63, 3.8) is 0 Å². The number of rotatable bonds is 5. The molecule has 0 aromatic heterocycles. The summed E-state index contributed by atoms with van der Waals surface area (Å²) in [7, 11) is 1.47. The Hall–Kier alpha value is -3.09. The van der Waals surface area contributed by atoms with Gasteiger partial charge in [-0.25, -0.2) is 0 Å². The van der Waals surface area contributed by atoms with E-state index in [0.29, 0.717) is 17.0 Å². The van der Waals surface area contributed by atoms with E-state index in [1.807, 2.05) is 0 Å². The second-order valence-electron chi connectivity index (χ2n) is 4.52. The summed E-state index contributed by atoms with van der Waals surface area (Å²) in [5, 5.41) is 16.6. The van der Waals surface area contributed by atoms with Crippen LogP contribution in [-0.2, 0) is 4.74 Å². The quantitative estimate of drug-likeness (QED) is 0.377. The van der Waals surface area contributed by atoms with Gasteiger partial charge in [0.05, 0.1) is 17.6 Å². The van der Waals surface area contributed by atoms with E-state index in [1.165, 1.54) is 25.3 Å². The molecule has 0 bridgehead atoms. The number of ether oxygens (including phenoxy) is 1. The van der Waals surface area contributed by atoms with E-state index in [2.05, 4.69) is 23.8 Å². The van der Waals surface area contributed by atoms with E-state index in [0.717, 1.165) is 0 Å². The standard InChI is InChI=1S/C15H15N3O4/c1-4-5-11(9(2)22-3)14-16-13-7-6-10(18(20)21)8-12(13)15(19)17-14/h4-8,14,16H,1-2H2,3H3,(H,17,19)/b11-5+. The molecule has 0 aliphatic carbocycles. The maximum atomic E-state index is 12.2. The lowest BCUT2D eigenvalue weighted by molar-refractivity contribution is -0.384. The number of methoxy groups -OCH3 is 1. The van der Waals surface area contributed by atoms with Crippen LogP contribution in [0.2, 0.25) is 0 Å². The van der Waals surface area contributed by atoms with E-state index in [1.54, 1.807) is 12.2 Å². The summed E-state index contributed by atoms with van der Waals surface area (Å²) < 4.78 is 5.10. The first-order valence-corrected chi connectivity index (χ1v) is 6.39. The minimum Gasteiger partial charge on any atom is -0.497 e. The van der Waals surface area contributed by atoms with Gasteiger partial charge in [0.1, 0.15) is 11.9 Å². The molecule has 7 nitrogen and oxygen atoms in total. The zero-order valence-electron chi connectivity index (χ0n) is 12.0. The minimum atomic E-state index is -0.563. The number of hydrogen-bond acceptors (Lipinski definition) is 5. The van der Waals surface area contributed by atoms with Crippen molar-refractivity contribution in [2.24, 2.45) is 0 Å². The van der Waals surface area contributed by atoms with Crippen molar-refractivity contribution in [3.05, 3.63) is 70.5 Å². The zero-order valence-corrected chi connectivity index (χ0v) is 12.0. The van der Waals surface area contributed by atoms with Gasteiger partial charge in [0, 0.05) is 23.4 Å². The van der Waals surface area contributed by atoms with Gasteiger partial charge in [-0.2, -0.15) is 0 Å². The average Bonchev–Trinajstić information content (AvgIpc) is 2.51. The second-order valence-corrected chi connectivity index (χ2v) is 4.52. The molecule has 0 radical (unpaired) electrons. The van der Waals surface area contributed by atoms with Crippen LogP contribution in [0.25, 0.3) is 0 Å². The number of nitro groups is 1. The SMILES string of the molecule is C=C/C=C(\C(=C)OC)C1NC(=O)c2cc([N+](=O)[O-])ccc2N1. The number of fused-ring (bicyclic) bond motifs is 1. The summed E-state index contributed by atoms with van der Waals surface area (Å²) in [5.41, 5.74) is 1.18. The Kier molecular flexibility index (Phi) is 4.26. The molecule has 0 saturated heterocycles. The average molecular weight is 301 g/mol. The van der Waals surface area contributed by atoms with Gasteiger partial charge in [-0.1, -0.05) is 25.3 Å². The fourth-order valence-electron chi connectivity index (χ4n) is 2.11. The summed E-state index contributed by atoms with van der Waals surface area (Å²) in [6, 6.07) is 4.07. The predicted octanol–water partition coefficient (Wildman–Crippen LogP) is 2.35. The molecular formula is C15H15N3O4. The molecule has 0 saturated carbocycles. The lowest BCUT2D eigenvalue weighted by Gasteiger charge is -2.29. The molecule has 1 heterocycles. The molecule has 2 rings (SSSR count). The van der Waals surface area contributed by atoms with Gasteiger partial charge >= 0.3 is 0 Å². The number of nitrogens with one attached hydrogen (secondary N) is 2. The summed E-state index contributed by atoms with van der Waals surface area (Å²) in [5.74, 6) is -0.0376. The molecular weight excluding hydrogens is 286 g/mol. The summed E-state index contributed by atoms with van der Waals surface area (Å²) in [6.45, 7) is 7.38. The summed E-state index contributed by atoms with van der Waals surface area (Å²) in [6.07, 6.45) is 2.66. The third kappa shape index (κ3) is 2.83. The van der Waals surface area contributed by atoms with Gasteiger partial charge < -0.3 is 15.4 Å². The number of amides is 1. The molecule has 1 aliphatic heterocycles. The van der Waals surface area contributed by atoms with Gasteiger partial charge in [0.15, 0.2) is 0 Å². The highest BCUT2D eigenvalue weighted by molar-refractivity contribution is 6.02. The van der Waals surface area contributed by atoms with Gasteiger partial charge in [0.2, 0.25) is 0 Å². The van der Waals surface area contributed by atoms with Crippen LogP contribution in [0.15, 0.2) is 54.8 Å². The Labute approximate surface area is 127 Å². The third-order valence-electron chi connectivity index (χ3n) is 3.21. The van der Waals surface area contributed by atoms with Gasteiger partial charge in [-0.15, -0.1) is 0 Å². The van der Waals surface area contributed by atoms with Crippen molar-refractivity contribution < 1.29 is 14.5 Å².